The quantitative estimate of drug-likeness (QED) is 0.674. The molecule has 0 saturated carbocycles. The number of rotatable bonds is 5. The Kier molecular flexibility index (Phi) is 5.58. The first-order valence-electron chi connectivity index (χ1n) is 9.14. The van der Waals surface area contributed by atoms with Gasteiger partial charge in [0.25, 0.3) is 0 Å². The van der Waals surface area contributed by atoms with Crippen LogP contribution in [0.2, 0.25) is 0 Å². The van der Waals surface area contributed by atoms with Crippen LogP contribution in [-0.2, 0) is 12.8 Å². The Morgan fingerprint density at radius 3 is 1.25 bits per heavy atom. The molecule has 0 atom stereocenters. The predicted molar refractivity (Wildman–Crippen MR) is 108 cm³/mol. The van der Waals surface area contributed by atoms with E-state index in [1.165, 1.54) is 33.4 Å². The van der Waals surface area contributed by atoms with Crippen molar-refractivity contribution in [1.29, 1.82) is 0 Å². The molecule has 0 aromatic heterocycles. The van der Waals surface area contributed by atoms with E-state index in [-0.39, 0.29) is 0 Å². The lowest BCUT2D eigenvalue weighted by molar-refractivity contribution is 0.864. The third-order valence-electron chi connectivity index (χ3n) is 4.93. The molecule has 0 spiro atoms. The lowest BCUT2D eigenvalue weighted by Crippen LogP contribution is -2.04. The largest absolute Gasteiger partial charge is 0.398 e. The molecule has 0 fully saturated rings. The van der Waals surface area contributed by atoms with Gasteiger partial charge in [-0.15, -0.1) is 0 Å². The first-order chi connectivity index (χ1) is 11.3. The normalized spacial score (nSPS) is 11.5. The Morgan fingerprint density at radius 1 is 0.667 bits per heavy atom. The van der Waals surface area contributed by atoms with Crippen LogP contribution >= 0.6 is 0 Å². The van der Waals surface area contributed by atoms with Crippen molar-refractivity contribution in [3.8, 4) is 11.1 Å². The molecular weight excluding hydrogens is 292 g/mol. The SMILES string of the molecule is CCc1cc(-c2cc(CC)c(N)c(C(C)C)c2)cc(C(C)C)c1N. The minimum Gasteiger partial charge on any atom is -0.398 e. The van der Waals surface area contributed by atoms with Crippen molar-refractivity contribution >= 4 is 11.4 Å². The molecule has 24 heavy (non-hydrogen) atoms. The highest BCUT2D eigenvalue weighted by atomic mass is 14.6. The van der Waals surface area contributed by atoms with E-state index >= 15 is 0 Å². The third kappa shape index (κ3) is 3.43. The number of nitrogens with two attached hydrogens (primary N) is 2. The second-order valence-corrected chi connectivity index (χ2v) is 7.29. The van der Waals surface area contributed by atoms with Gasteiger partial charge in [-0.3, -0.25) is 0 Å². The van der Waals surface area contributed by atoms with Gasteiger partial charge in [0.2, 0.25) is 0 Å². The lowest BCUT2D eigenvalue weighted by Gasteiger charge is -2.19. The molecule has 130 valence electrons. The van der Waals surface area contributed by atoms with Gasteiger partial charge in [0, 0.05) is 11.4 Å². The Bertz CT molecular complexity index is 664. The number of anilines is 2. The van der Waals surface area contributed by atoms with Crippen LogP contribution in [0.1, 0.15) is 75.6 Å². The minimum atomic E-state index is 0.416. The molecule has 0 aliphatic carbocycles. The molecule has 2 rings (SSSR count). The summed E-state index contributed by atoms with van der Waals surface area (Å²) in [6.45, 7) is 13.1. The summed E-state index contributed by atoms with van der Waals surface area (Å²) in [5.41, 5.74) is 22.1. The van der Waals surface area contributed by atoms with E-state index < -0.39 is 0 Å². The van der Waals surface area contributed by atoms with Crippen molar-refractivity contribution in [3.05, 3.63) is 46.5 Å². The topological polar surface area (TPSA) is 52.0 Å². The average molecular weight is 325 g/mol. The van der Waals surface area contributed by atoms with Gasteiger partial charge in [-0.05, 0) is 82.3 Å². The van der Waals surface area contributed by atoms with Crippen LogP contribution in [0, 0.1) is 0 Å². The second kappa shape index (κ2) is 7.29. The molecule has 0 saturated heterocycles. The van der Waals surface area contributed by atoms with Crippen LogP contribution in [0.3, 0.4) is 0 Å². The van der Waals surface area contributed by atoms with Crippen LogP contribution in [0.5, 0.6) is 0 Å². The Hall–Kier alpha value is -1.96. The molecule has 2 nitrogen and oxygen atoms in total. The Morgan fingerprint density at radius 2 is 1.00 bits per heavy atom. The highest BCUT2D eigenvalue weighted by molar-refractivity contribution is 5.75. The fourth-order valence-electron chi connectivity index (χ4n) is 3.35. The fourth-order valence-corrected chi connectivity index (χ4v) is 3.35. The number of nitrogen functional groups attached to an aromatic ring is 2. The maximum atomic E-state index is 6.38. The molecule has 0 aliphatic rings. The van der Waals surface area contributed by atoms with E-state index in [1.807, 2.05) is 0 Å². The van der Waals surface area contributed by atoms with Crippen LogP contribution in [0.4, 0.5) is 11.4 Å². The summed E-state index contributed by atoms with van der Waals surface area (Å²) < 4.78 is 0. The van der Waals surface area contributed by atoms with Gasteiger partial charge in [-0.2, -0.15) is 0 Å². The summed E-state index contributed by atoms with van der Waals surface area (Å²) in [5.74, 6) is 0.832. The zero-order valence-corrected chi connectivity index (χ0v) is 16.0. The molecule has 2 aromatic rings. The summed E-state index contributed by atoms with van der Waals surface area (Å²) in [7, 11) is 0. The van der Waals surface area contributed by atoms with Crippen LogP contribution in [0.25, 0.3) is 11.1 Å². The molecule has 2 aromatic carbocycles. The van der Waals surface area contributed by atoms with E-state index in [4.69, 9.17) is 11.5 Å². The van der Waals surface area contributed by atoms with E-state index in [0.717, 1.165) is 24.2 Å². The highest BCUT2D eigenvalue weighted by Gasteiger charge is 2.15. The zero-order chi connectivity index (χ0) is 18.0. The Balaban J connectivity index is 2.72. The van der Waals surface area contributed by atoms with Crippen LogP contribution in [0.15, 0.2) is 24.3 Å². The maximum Gasteiger partial charge on any atom is 0.0382 e. The van der Waals surface area contributed by atoms with E-state index in [9.17, 15) is 0 Å². The van der Waals surface area contributed by atoms with Crippen molar-refractivity contribution in [2.75, 3.05) is 11.5 Å². The summed E-state index contributed by atoms with van der Waals surface area (Å²) in [6.07, 6.45) is 1.90. The predicted octanol–water partition coefficient (Wildman–Crippen LogP) is 5.89. The highest BCUT2D eigenvalue weighted by Crippen LogP contribution is 2.36. The smallest absolute Gasteiger partial charge is 0.0382 e. The van der Waals surface area contributed by atoms with E-state index in [0.29, 0.717) is 11.8 Å². The summed E-state index contributed by atoms with van der Waals surface area (Å²) in [6, 6.07) is 9.01. The molecule has 0 aliphatic heterocycles. The first-order valence-corrected chi connectivity index (χ1v) is 9.14. The molecule has 0 amide bonds. The number of aryl methyl sites for hydroxylation is 2. The van der Waals surface area contributed by atoms with Crippen molar-refractivity contribution < 1.29 is 0 Å². The third-order valence-corrected chi connectivity index (χ3v) is 4.93. The number of hydrogen-bond donors (Lipinski definition) is 2. The van der Waals surface area contributed by atoms with Crippen LogP contribution in [-0.4, -0.2) is 0 Å². The molecular formula is C22H32N2. The molecule has 2 heteroatoms. The summed E-state index contributed by atoms with van der Waals surface area (Å²) in [5, 5.41) is 0. The van der Waals surface area contributed by atoms with Crippen molar-refractivity contribution in [3.63, 3.8) is 0 Å². The molecule has 0 bridgehead atoms. The Labute approximate surface area is 147 Å². The van der Waals surface area contributed by atoms with E-state index in [2.05, 4.69) is 65.8 Å². The molecule has 0 radical (unpaired) electrons. The van der Waals surface area contributed by atoms with Crippen molar-refractivity contribution in [2.24, 2.45) is 0 Å². The standard InChI is InChI=1S/C22H32N2/c1-7-15-9-17(11-19(13(3)4)21(15)23)18-10-16(8-2)22(24)20(12-18)14(5)6/h9-14H,7-8,23-24H2,1-6H3. The van der Waals surface area contributed by atoms with Crippen LogP contribution < -0.4 is 11.5 Å². The molecule has 0 heterocycles. The maximum absolute atomic E-state index is 6.38. The first kappa shape index (κ1) is 18.4. The van der Waals surface area contributed by atoms with Gasteiger partial charge >= 0.3 is 0 Å². The summed E-state index contributed by atoms with van der Waals surface area (Å²) >= 11 is 0. The molecule has 4 N–H and O–H groups in total. The number of hydrogen-bond acceptors (Lipinski definition) is 2. The monoisotopic (exact) mass is 324 g/mol. The van der Waals surface area contributed by atoms with Crippen molar-refractivity contribution in [2.45, 2.75) is 66.2 Å². The van der Waals surface area contributed by atoms with Crippen molar-refractivity contribution in [1.82, 2.24) is 0 Å². The van der Waals surface area contributed by atoms with E-state index in [1.54, 1.807) is 0 Å². The van der Waals surface area contributed by atoms with Gasteiger partial charge in [0.1, 0.15) is 0 Å². The fraction of sp³-hybridized carbons (Fsp3) is 0.455. The zero-order valence-electron chi connectivity index (χ0n) is 16.0. The van der Waals surface area contributed by atoms with Gasteiger partial charge in [0.05, 0.1) is 0 Å². The van der Waals surface area contributed by atoms with Gasteiger partial charge in [-0.1, -0.05) is 41.5 Å². The second-order valence-electron chi connectivity index (χ2n) is 7.29. The molecule has 0 unspecified atom stereocenters. The average Bonchev–Trinajstić information content (AvgIpc) is 2.54. The van der Waals surface area contributed by atoms with Gasteiger partial charge in [0.15, 0.2) is 0 Å². The lowest BCUT2D eigenvalue weighted by atomic mass is 9.88. The number of benzene rings is 2. The van der Waals surface area contributed by atoms with Gasteiger partial charge in [-0.25, -0.2) is 0 Å². The summed E-state index contributed by atoms with van der Waals surface area (Å²) in [4.78, 5) is 0. The minimum absolute atomic E-state index is 0.416. The van der Waals surface area contributed by atoms with Gasteiger partial charge < -0.3 is 11.5 Å².